The molecule has 1 aromatic heterocycles. The summed E-state index contributed by atoms with van der Waals surface area (Å²) in [5, 5.41) is 13.2. The van der Waals surface area contributed by atoms with E-state index in [1.54, 1.807) is 12.1 Å². The molecule has 5 heteroatoms. The van der Waals surface area contributed by atoms with E-state index in [2.05, 4.69) is 20.6 Å². The van der Waals surface area contributed by atoms with Gasteiger partial charge in [-0.3, -0.25) is 0 Å². The molecule has 1 N–H and O–H groups in total. The van der Waals surface area contributed by atoms with Gasteiger partial charge in [0.05, 0.1) is 5.56 Å². The third kappa shape index (κ3) is 1.86. The fourth-order valence-corrected chi connectivity index (χ4v) is 1.35. The maximum Gasteiger partial charge on any atom is 0.207 e. The van der Waals surface area contributed by atoms with Crippen molar-refractivity contribution in [2.75, 3.05) is 0 Å². The van der Waals surface area contributed by atoms with E-state index in [0.717, 1.165) is 5.56 Å². The molecule has 0 spiro atoms. The minimum atomic E-state index is -0.333. The van der Waals surface area contributed by atoms with Gasteiger partial charge in [0.25, 0.3) is 0 Å². The van der Waals surface area contributed by atoms with Crippen molar-refractivity contribution in [2.24, 2.45) is 0 Å². The predicted octanol–water partition coefficient (Wildman–Crippen LogP) is 2.13. The number of halogens is 1. The topological polar surface area (TPSA) is 54.5 Å². The number of hydrogen-bond acceptors (Lipinski definition) is 3. The smallest absolute Gasteiger partial charge is 0.206 e. The molecule has 0 aliphatic heterocycles. The Labute approximate surface area is 86.5 Å². The van der Waals surface area contributed by atoms with E-state index < -0.39 is 0 Å². The molecule has 2 rings (SSSR count). The van der Waals surface area contributed by atoms with E-state index >= 15 is 0 Å². The van der Waals surface area contributed by atoms with Gasteiger partial charge in [-0.2, -0.15) is 5.21 Å². The second-order valence-electron chi connectivity index (χ2n) is 3.63. The largest absolute Gasteiger partial charge is 0.207 e. The van der Waals surface area contributed by atoms with Crippen LogP contribution in [0.1, 0.15) is 25.3 Å². The number of aromatic amines is 1. The Bertz CT molecular complexity index is 450. The number of hydrogen-bond donors (Lipinski definition) is 1. The molecule has 2 aromatic rings. The lowest BCUT2D eigenvalue weighted by Crippen LogP contribution is -1.92. The molecule has 0 fully saturated rings. The molecule has 1 aromatic carbocycles. The first-order valence-electron chi connectivity index (χ1n) is 4.71. The predicted molar refractivity (Wildman–Crippen MR) is 53.7 cm³/mol. The molecule has 0 saturated carbocycles. The van der Waals surface area contributed by atoms with E-state index in [4.69, 9.17) is 0 Å². The van der Waals surface area contributed by atoms with Crippen molar-refractivity contribution < 1.29 is 4.39 Å². The van der Waals surface area contributed by atoms with Crippen LogP contribution in [0.5, 0.6) is 0 Å². The van der Waals surface area contributed by atoms with Crippen molar-refractivity contribution in [2.45, 2.75) is 19.8 Å². The second-order valence-corrected chi connectivity index (χ2v) is 3.63. The van der Waals surface area contributed by atoms with Crippen LogP contribution in [0.4, 0.5) is 4.39 Å². The maximum atomic E-state index is 13.5. The lowest BCUT2D eigenvalue weighted by Gasteiger charge is -2.06. The first kappa shape index (κ1) is 9.76. The van der Waals surface area contributed by atoms with Crippen molar-refractivity contribution >= 4 is 0 Å². The summed E-state index contributed by atoms with van der Waals surface area (Å²) in [5.74, 6) is 0.298. The van der Waals surface area contributed by atoms with Crippen LogP contribution in [0.2, 0.25) is 0 Å². The van der Waals surface area contributed by atoms with E-state index in [1.807, 2.05) is 13.8 Å². The van der Waals surface area contributed by atoms with Crippen LogP contribution in [0.15, 0.2) is 18.2 Å². The van der Waals surface area contributed by atoms with Crippen molar-refractivity contribution in [1.82, 2.24) is 20.6 Å². The normalized spacial score (nSPS) is 10.9. The van der Waals surface area contributed by atoms with Crippen LogP contribution in [-0.4, -0.2) is 20.6 Å². The minimum Gasteiger partial charge on any atom is -0.206 e. The summed E-state index contributed by atoms with van der Waals surface area (Å²) in [7, 11) is 0. The highest BCUT2D eigenvalue weighted by Crippen LogP contribution is 2.23. The zero-order valence-corrected chi connectivity index (χ0v) is 8.53. The zero-order valence-electron chi connectivity index (χ0n) is 8.53. The fraction of sp³-hybridized carbons (Fsp3) is 0.300. The Morgan fingerprint density at radius 1 is 1.33 bits per heavy atom. The Morgan fingerprint density at radius 3 is 2.73 bits per heavy atom. The number of benzene rings is 1. The number of aromatic nitrogens is 4. The SMILES string of the molecule is CC(C)c1ccc(F)c(-c2nn[nH]n2)c1. The van der Waals surface area contributed by atoms with E-state index in [0.29, 0.717) is 11.5 Å². The minimum absolute atomic E-state index is 0.287. The van der Waals surface area contributed by atoms with Crippen LogP contribution in [0, 0.1) is 5.82 Å². The summed E-state index contributed by atoms with van der Waals surface area (Å²) >= 11 is 0. The highest BCUT2D eigenvalue weighted by molar-refractivity contribution is 5.56. The van der Waals surface area contributed by atoms with Crippen LogP contribution < -0.4 is 0 Å². The molecular weight excluding hydrogens is 195 g/mol. The summed E-state index contributed by atoms with van der Waals surface area (Å²) in [5.41, 5.74) is 1.44. The van der Waals surface area contributed by atoms with Gasteiger partial charge < -0.3 is 0 Å². The summed E-state index contributed by atoms with van der Waals surface area (Å²) in [6, 6.07) is 4.95. The van der Waals surface area contributed by atoms with E-state index in [9.17, 15) is 4.39 Å². The third-order valence-electron chi connectivity index (χ3n) is 2.24. The van der Waals surface area contributed by atoms with Gasteiger partial charge in [-0.1, -0.05) is 19.9 Å². The van der Waals surface area contributed by atoms with E-state index in [-0.39, 0.29) is 11.6 Å². The molecule has 1 heterocycles. The first-order valence-corrected chi connectivity index (χ1v) is 4.71. The third-order valence-corrected chi connectivity index (χ3v) is 2.24. The van der Waals surface area contributed by atoms with Crippen molar-refractivity contribution in [3.05, 3.63) is 29.6 Å². The number of nitrogens with zero attached hydrogens (tertiary/aromatic N) is 3. The average molecular weight is 206 g/mol. The van der Waals surface area contributed by atoms with Gasteiger partial charge in [0, 0.05) is 0 Å². The van der Waals surface area contributed by atoms with Gasteiger partial charge in [0.15, 0.2) is 0 Å². The summed E-state index contributed by atoms with van der Waals surface area (Å²) < 4.78 is 13.5. The highest BCUT2D eigenvalue weighted by Gasteiger charge is 2.11. The molecule has 0 bridgehead atoms. The Balaban J connectivity index is 2.51. The highest BCUT2D eigenvalue weighted by atomic mass is 19.1. The quantitative estimate of drug-likeness (QED) is 0.818. The van der Waals surface area contributed by atoms with Crippen molar-refractivity contribution in [3.8, 4) is 11.4 Å². The molecule has 4 nitrogen and oxygen atoms in total. The van der Waals surface area contributed by atoms with Gasteiger partial charge in [-0.15, -0.1) is 10.2 Å². The first-order chi connectivity index (χ1) is 7.18. The van der Waals surface area contributed by atoms with Gasteiger partial charge in [-0.05, 0) is 28.8 Å². The number of tetrazole rings is 1. The van der Waals surface area contributed by atoms with Gasteiger partial charge in [0.2, 0.25) is 5.82 Å². The molecule has 0 aliphatic carbocycles. The Hall–Kier alpha value is -1.78. The number of H-pyrrole nitrogens is 1. The summed E-state index contributed by atoms with van der Waals surface area (Å²) in [6.45, 7) is 4.10. The molecule has 0 unspecified atom stereocenters. The van der Waals surface area contributed by atoms with E-state index in [1.165, 1.54) is 6.07 Å². The lowest BCUT2D eigenvalue weighted by atomic mass is 10.0. The Morgan fingerprint density at radius 2 is 2.13 bits per heavy atom. The van der Waals surface area contributed by atoms with Gasteiger partial charge in [0.1, 0.15) is 5.82 Å². The van der Waals surface area contributed by atoms with Gasteiger partial charge >= 0.3 is 0 Å². The molecule has 78 valence electrons. The molecule has 0 saturated heterocycles. The zero-order chi connectivity index (χ0) is 10.8. The van der Waals surface area contributed by atoms with Crippen molar-refractivity contribution in [3.63, 3.8) is 0 Å². The standard InChI is InChI=1S/C10H11FN4/c1-6(2)7-3-4-9(11)8(5-7)10-12-14-15-13-10/h3-6H,1-2H3,(H,12,13,14,15). The summed E-state index contributed by atoms with van der Waals surface area (Å²) in [6.07, 6.45) is 0. The second kappa shape index (κ2) is 3.76. The number of rotatable bonds is 2. The number of nitrogens with one attached hydrogen (secondary N) is 1. The molecule has 0 aliphatic rings. The summed E-state index contributed by atoms with van der Waals surface area (Å²) in [4.78, 5) is 0. The fourth-order valence-electron chi connectivity index (χ4n) is 1.35. The molecule has 0 atom stereocenters. The maximum absolute atomic E-state index is 13.5. The molecule has 0 radical (unpaired) electrons. The van der Waals surface area contributed by atoms with Crippen molar-refractivity contribution in [1.29, 1.82) is 0 Å². The van der Waals surface area contributed by atoms with Crippen LogP contribution in [-0.2, 0) is 0 Å². The van der Waals surface area contributed by atoms with Gasteiger partial charge in [-0.25, -0.2) is 4.39 Å². The monoisotopic (exact) mass is 206 g/mol. The molecule has 15 heavy (non-hydrogen) atoms. The molecule has 0 amide bonds. The average Bonchev–Trinajstić information content (AvgIpc) is 2.71. The molecular formula is C10H11FN4. The Kier molecular flexibility index (Phi) is 2.45. The lowest BCUT2D eigenvalue weighted by molar-refractivity contribution is 0.628. The van der Waals surface area contributed by atoms with Crippen LogP contribution in [0.25, 0.3) is 11.4 Å². The van der Waals surface area contributed by atoms with Crippen LogP contribution >= 0.6 is 0 Å². The van der Waals surface area contributed by atoms with Crippen LogP contribution in [0.3, 0.4) is 0 Å².